The zero-order valence-electron chi connectivity index (χ0n) is 15.8. The van der Waals surface area contributed by atoms with E-state index in [-0.39, 0.29) is 0 Å². The van der Waals surface area contributed by atoms with Crippen LogP contribution in [-0.2, 0) is 4.74 Å². The summed E-state index contributed by atoms with van der Waals surface area (Å²) in [6.45, 7) is 5.49. The van der Waals surface area contributed by atoms with E-state index in [9.17, 15) is 0 Å². The number of hydrogen-bond donors (Lipinski definition) is 1. The van der Waals surface area contributed by atoms with Crippen LogP contribution in [0.3, 0.4) is 0 Å². The maximum absolute atomic E-state index is 6.17. The minimum absolute atomic E-state index is 0.528. The van der Waals surface area contributed by atoms with Crippen molar-refractivity contribution in [2.45, 2.75) is 57.5 Å². The predicted octanol–water partition coefficient (Wildman–Crippen LogP) is 3.10. The molecule has 26 heavy (non-hydrogen) atoms. The molecule has 0 aromatic carbocycles. The molecule has 2 fully saturated rings. The normalized spacial score (nSPS) is 19.9. The van der Waals surface area contributed by atoms with E-state index >= 15 is 0 Å². The summed E-state index contributed by atoms with van der Waals surface area (Å²) in [5, 5.41) is 3.13. The van der Waals surface area contributed by atoms with Gasteiger partial charge in [-0.25, -0.2) is 4.98 Å². The van der Waals surface area contributed by atoms with Crippen molar-refractivity contribution in [1.29, 1.82) is 0 Å². The van der Waals surface area contributed by atoms with Crippen LogP contribution in [0.15, 0.2) is 16.6 Å². The molecule has 0 unspecified atom stereocenters. The van der Waals surface area contributed by atoms with Crippen LogP contribution in [0.25, 0.3) is 0 Å². The summed E-state index contributed by atoms with van der Waals surface area (Å²) in [6.07, 6.45) is 12.4. The minimum atomic E-state index is 0.528. The van der Waals surface area contributed by atoms with E-state index in [2.05, 4.69) is 19.8 Å². The average molecular weight is 380 g/mol. The maximum Gasteiger partial charge on any atom is 0.191 e. The van der Waals surface area contributed by atoms with Crippen molar-refractivity contribution in [2.24, 2.45) is 10.7 Å². The van der Waals surface area contributed by atoms with E-state index < -0.39 is 0 Å². The predicted molar refractivity (Wildman–Crippen MR) is 109 cm³/mol. The highest BCUT2D eigenvalue weighted by atomic mass is 32.1. The molecule has 6 nitrogen and oxygen atoms in total. The lowest BCUT2D eigenvalue weighted by Crippen LogP contribution is -2.51. The topological polar surface area (TPSA) is 67.0 Å². The van der Waals surface area contributed by atoms with Gasteiger partial charge in [-0.2, -0.15) is 0 Å². The minimum Gasteiger partial charge on any atom is -0.378 e. The number of rotatable bonds is 8. The van der Waals surface area contributed by atoms with E-state index in [0.717, 1.165) is 57.3 Å². The summed E-state index contributed by atoms with van der Waals surface area (Å²) in [4.78, 5) is 13.5. The Kier molecular flexibility index (Phi) is 8.01. The molecule has 7 heteroatoms. The molecule has 2 aliphatic rings. The SMILES string of the molecule is NC(=NCCCCCOC1CCCCC1)N1CCN(c2nccs2)CC1. The highest BCUT2D eigenvalue weighted by Gasteiger charge is 2.19. The van der Waals surface area contributed by atoms with Gasteiger partial charge in [-0.15, -0.1) is 11.3 Å². The molecular formula is C19H33N5OS. The molecule has 1 aliphatic carbocycles. The number of unbranched alkanes of at least 4 members (excludes halogenated alkanes) is 2. The van der Waals surface area contributed by atoms with Gasteiger partial charge in [0.1, 0.15) is 0 Å². The van der Waals surface area contributed by atoms with Crippen molar-refractivity contribution < 1.29 is 4.74 Å². The summed E-state index contributed by atoms with van der Waals surface area (Å²) >= 11 is 1.70. The second kappa shape index (κ2) is 10.7. The van der Waals surface area contributed by atoms with Crippen molar-refractivity contribution >= 4 is 22.4 Å². The Hall–Kier alpha value is -1.34. The summed E-state index contributed by atoms with van der Waals surface area (Å²) in [5.74, 6) is 0.697. The molecule has 0 bridgehead atoms. The second-order valence-electron chi connectivity index (χ2n) is 7.22. The van der Waals surface area contributed by atoms with E-state index in [1.165, 1.54) is 38.5 Å². The Morgan fingerprint density at radius 1 is 1.15 bits per heavy atom. The number of hydrogen-bond acceptors (Lipinski definition) is 5. The van der Waals surface area contributed by atoms with Gasteiger partial charge in [0.25, 0.3) is 0 Å². The van der Waals surface area contributed by atoms with Crippen molar-refractivity contribution in [2.75, 3.05) is 44.2 Å². The average Bonchev–Trinajstić information content (AvgIpc) is 3.23. The van der Waals surface area contributed by atoms with Gasteiger partial charge in [-0.05, 0) is 32.1 Å². The first-order valence-electron chi connectivity index (χ1n) is 10.1. The van der Waals surface area contributed by atoms with Crippen molar-refractivity contribution in [3.63, 3.8) is 0 Å². The van der Waals surface area contributed by atoms with E-state index in [4.69, 9.17) is 10.5 Å². The van der Waals surface area contributed by atoms with Gasteiger partial charge in [0, 0.05) is 50.9 Å². The number of aromatic nitrogens is 1. The highest BCUT2D eigenvalue weighted by molar-refractivity contribution is 7.13. The number of guanidine groups is 1. The first-order valence-corrected chi connectivity index (χ1v) is 11.0. The number of aliphatic imine (C=N–C) groups is 1. The second-order valence-corrected chi connectivity index (χ2v) is 8.09. The third kappa shape index (κ3) is 6.13. The van der Waals surface area contributed by atoms with Gasteiger partial charge in [0.2, 0.25) is 0 Å². The molecule has 146 valence electrons. The summed E-state index contributed by atoms with van der Waals surface area (Å²) in [7, 11) is 0. The largest absolute Gasteiger partial charge is 0.378 e. The van der Waals surface area contributed by atoms with Crippen LogP contribution >= 0.6 is 11.3 Å². The Bertz CT molecular complexity index is 522. The third-order valence-corrected chi connectivity index (χ3v) is 6.11. The first-order chi connectivity index (χ1) is 12.8. The van der Waals surface area contributed by atoms with Crippen LogP contribution in [0.1, 0.15) is 51.4 Å². The van der Waals surface area contributed by atoms with E-state index in [1.54, 1.807) is 11.3 Å². The van der Waals surface area contributed by atoms with E-state index in [0.29, 0.717) is 12.1 Å². The van der Waals surface area contributed by atoms with Gasteiger partial charge >= 0.3 is 0 Å². The number of thiazole rings is 1. The van der Waals surface area contributed by atoms with E-state index in [1.807, 2.05) is 11.6 Å². The van der Waals surface area contributed by atoms with Gasteiger partial charge in [0.05, 0.1) is 6.10 Å². The number of ether oxygens (including phenoxy) is 1. The first kappa shape index (κ1) is 19.4. The number of nitrogens with zero attached hydrogens (tertiary/aromatic N) is 4. The van der Waals surface area contributed by atoms with Crippen LogP contribution in [0.5, 0.6) is 0 Å². The monoisotopic (exact) mass is 379 g/mol. The summed E-state index contributed by atoms with van der Waals surface area (Å²) in [6, 6.07) is 0. The van der Waals surface area contributed by atoms with Crippen LogP contribution in [0, 0.1) is 0 Å². The molecule has 1 aliphatic heterocycles. The zero-order valence-corrected chi connectivity index (χ0v) is 16.6. The lowest BCUT2D eigenvalue weighted by Gasteiger charge is -2.35. The van der Waals surface area contributed by atoms with Crippen LogP contribution in [0.4, 0.5) is 5.13 Å². The lowest BCUT2D eigenvalue weighted by molar-refractivity contribution is 0.0264. The van der Waals surface area contributed by atoms with Crippen LogP contribution < -0.4 is 10.6 Å². The van der Waals surface area contributed by atoms with Gasteiger partial charge < -0.3 is 20.3 Å². The molecular weight excluding hydrogens is 346 g/mol. The number of piperazine rings is 1. The molecule has 3 rings (SSSR count). The Balaban J connectivity index is 1.23. The van der Waals surface area contributed by atoms with Gasteiger partial charge in [-0.1, -0.05) is 19.3 Å². The Morgan fingerprint density at radius 2 is 1.96 bits per heavy atom. The third-order valence-electron chi connectivity index (χ3n) is 5.28. The molecule has 1 aromatic heterocycles. The molecule has 0 spiro atoms. The molecule has 1 aromatic rings. The maximum atomic E-state index is 6.17. The van der Waals surface area contributed by atoms with Gasteiger partial charge in [0.15, 0.2) is 11.1 Å². The molecule has 1 saturated carbocycles. The fraction of sp³-hybridized carbons (Fsp3) is 0.789. The fourth-order valence-corrected chi connectivity index (χ4v) is 4.36. The molecule has 2 heterocycles. The summed E-state index contributed by atoms with van der Waals surface area (Å²) < 4.78 is 5.97. The number of anilines is 1. The van der Waals surface area contributed by atoms with Crippen LogP contribution in [0.2, 0.25) is 0 Å². The quantitative estimate of drug-likeness (QED) is 0.427. The number of nitrogens with two attached hydrogens (primary N) is 1. The molecule has 0 atom stereocenters. The van der Waals surface area contributed by atoms with Crippen LogP contribution in [-0.4, -0.2) is 61.3 Å². The van der Waals surface area contributed by atoms with Crippen molar-refractivity contribution in [3.8, 4) is 0 Å². The van der Waals surface area contributed by atoms with Crippen molar-refractivity contribution in [1.82, 2.24) is 9.88 Å². The lowest BCUT2D eigenvalue weighted by atomic mass is 9.98. The fourth-order valence-electron chi connectivity index (χ4n) is 3.66. The molecule has 1 saturated heterocycles. The van der Waals surface area contributed by atoms with Crippen molar-refractivity contribution in [3.05, 3.63) is 11.6 Å². The molecule has 0 radical (unpaired) electrons. The zero-order chi connectivity index (χ0) is 18.0. The smallest absolute Gasteiger partial charge is 0.191 e. The molecule has 0 amide bonds. The van der Waals surface area contributed by atoms with Gasteiger partial charge in [-0.3, -0.25) is 4.99 Å². The highest BCUT2D eigenvalue weighted by Crippen LogP contribution is 2.20. The standard InChI is InChI=1S/C19H33N5OS/c20-18(23-11-13-24(14-12-23)19-22-10-16-26-19)21-9-5-2-6-15-25-17-7-3-1-4-8-17/h10,16-17H,1-9,11-15H2,(H2,20,21). The molecule has 2 N–H and O–H groups in total. The Morgan fingerprint density at radius 3 is 2.69 bits per heavy atom. The summed E-state index contributed by atoms with van der Waals surface area (Å²) in [5.41, 5.74) is 6.17. The Labute approximate surface area is 161 Å².